The van der Waals surface area contributed by atoms with Gasteiger partial charge in [0.2, 0.25) is 11.8 Å². The fourth-order valence-corrected chi connectivity index (χ4v) is 1.86. The molecule has 1 atom stereocenters. The van der Waals surface area contributed by atoms with Crippen LogP contribution in [-0.4, -0.2) is 21.6 Å². The van der Waals surface area contributed by atoms with Gasteiger partial charge >= 0.3 is 0 Å². The normalized spacial score (nSPS) is 13.8. The fourth-order valence-electron chi connectivity index (χ4n) is 1.86. The van der Waals surface area contributed by atoms with Crippen molar-refractivity contribution in [1.82, 2.24) is 14.5 Å². The Kier molecular flexibility index (Phi) is 2.92. The van der Waals surface area contributed by atoms with Crippen LogP contribution in [0.3, 0.4) is 0 Å². The Labute approximate surface area is 107 Å². The monoisotopic (exact) mass is 248 g/mol. The van der Waals surface area contributed by atoms with Gasteiger partial charge in [-0.2, -0.15) is 4.98 Å². The van der Waals surface area contributed by atoms with E-state index in [4.69, 9.17) is 10.5 Å². The SMILES string of the molecule is COc1ccc2nc(N)n(C(C)C(C)(C)C)c2n1. The van der Waals surface area contributed by atoms with E-state index < -0.39 is 0 Å². The lowest BCUT2D eigenvalue weighted by atomic mass is 9.88. The van der Waals surface area contributed by atoms with Crippen LogP contribution in [0.4, 0.5) is 5.95 Å². The summed E-state index contributed by atoms with van der Waals surface area (Å²) in [5.74, 6) is 1.07. The van der Waals surface area contributed by atoms with E-state index in [9.17, 15) is 0 Å². The number of imidazole rings is 1. The first-order valence-corrected chi connectivity index (χ1v) is 6.03. The van der Waals surface area contributed by atoms with Crippen LogP contribution in [-0.2, 0) is 0 Å². The summed E-state index contributed by atoms with van der Waals surface area (Å²) < 4.78 is 7.13. The summed E-state index contributed by atoms with van der Waals surface area (Å²) in [5, 5.41) is 0. The molecule has 0 radical (unpaired) electrons. The molecule has 0 aliphatic carbocycles. The molecule has 98 valence electrons. The highest BCUT2D eigenvalue weighted by molar-refractivity contribution is 5.75. The number of fused-ring (bicyclic) bond motifs is 1. The number of aromatic nitrogens is 3. The Morgan fingerprint density at radius 1 is 1.28 bits per heavy atom. The molecule has 5 nitrogen and oxygen atoms in total. The molecule has 0 saturated carbocycles. The second kappa shape index (κ2) is 4.15. The van der Waals surface area contributed by atoms with Crippen LogP contribution >= 0.6 is 0 Å². The molecule has 0 fully saturated rings. The first kappa shape index (κ1) is 12.7. The van der Waals surface area contributed by atoms with Gasteiger partial charge in [-0.25, -0.2) is 4.98 Å². The van der Waals surface area contributed by atoms with Gasteiger partial charge in [0.25, 0.3) is 0 Å². The molecule has 0 amide bonds. The van der Waals surface area contributed by atoms with Crippen LogP contribution < -0.4 is 10.5 Å². The predicted molar refractivity (Wildman–Crippen MR) is 72.7 cm³/mol. The van der Waals surface area contributed by atoms with E-state index in [0.717, 1.165) is 11.2 Å². The topological polar surface area (TPSA) is 66.0 Å². The second-order valence-electron chi connectivity index (χ2n) is 5.58. The molecule has 0 spiro atoms. The molecule has 0 aliphatic heterocycles. The maximum absolute atomic E-state index is 6.01. The van der Waals surface area contributed by atoms with Crippen LogP contribution in [0.2, 0.25) is 0 Å². The minimum Gasteiger partial charge on any atom is -0.481 e. The number of pyridine rings is 1. The van der Waals surface area contributed by atoms with Crippen LogP contribution in [0, 0.1) is 5.41 Å². The summed E-state index contributed by atoms with van der Waals surface area (Å²) in [6, 6.07) is 3.87. The third-order valence-corrected chi connectivity index (χ3v) is 3.39. The van der Waals surface area contributed by atoms with Gasteiger partial charge in [-0.1, -0.05) is 20.8 Å². The molecule has 0 bridgehead atoms. The Hall–Kier alpha value is -1.78. The van der Waals surface area contributed by atoms with Gasteiger partial charge in [0.1, 0.15) is 5.52 Å². The number of nitrogens with two attached hydrogens (primary N) is 1. The van der Waals surface area contributed by atoms with Crippen molar-refractivity contribution < 1.29 is 4.74 Å². The van der Waals surface area contributed by atoms with E-state index in [1.807, 2.05) is 10.6 Å². The van der Waals surface area contributed by atoms with E-state index in [1.165, 1.54) is 0 Å². The molecule has 2 heterocycles. The summed E-state index contributed by atoms with van der Waals surface area (Å²) >= 11 is 0. The van der Waals surface area contributed by atoms with E-state index in [1.54, 1.807) is 13.2 Å². The number of nitrogens with zero attached hydrogens (tertiary/aromatic N) is 3. The summed E-state index contributed by atoms with van der Waals surface area (Å²) in [6.07, 6.45) is 0. The van der Waals surface area contributed by atoms with Crippen molar-refractivity contribution in [3.05, 3.63) is 12.1 Å². The van der Waals surface area contributed by atoms with E-state index in [2.05, 4.69) is 37.7 Å². The zero-order valence-corrected chi connectivity index (χ0v) is 11.6. The quantitative estimate of drug-likeness (QED) is 0.887. The van der Waals surface area contributed by atoms with Gasteiger partial charge in [-0.3, -0.25) is 4.57 Å². The average molecular weight is 248 g/mol. The van der Waals surface area contributed by atoms with E-state index in [-0.39, 0.29) is 11.5 Å². The molecule has 0 aromatic carbocycles. The van der Waals surface area contributed by atoms with Crippen LogP contribution in [0.25, 0.3) is 11.2 Å². The Morgan fingerprint density at radius 3 is 2.50 bits per heavy atom. The maximum Gasteiger partial charge on any atom is 0.215 e. The lowest BCUT2D eigenvalue weighted by molar-refractivity contribution is 0.269. The van der Waals surface area contributed by atoms with Crippen LogP contribution in [0.1, 0.15) is 33.7 Å². The van der Waals surface area contributed by atoms with Gasteiger partial charge in [-0.15, -0.1) is 0 Å². The molecule has 2 aromatic heterocycles. The van der Waals surface area contributed by atoms with Gasteiger partial charge < -0.3 is 10.5 Å². The smallest absolute Gasteiger partial charge is 0.215 e. The number of rotatable bonds is 2. The third-order valence-electron chi connectivity index (χ3n) is 3.39. The van der Waals surface area contributed by atoms with Crippen molar-refractivity contribution in [3.8, 4) is 5.88 Å². The molecule has 0 saturated heterocycles. The highest BCUT2D eigenvalue weighted by Crippen LogP contribution is 2.34. The summed E-state index contributed by atoms with van der Waals surface area (Å²) in [6.45, 7) is 8.63. The number of hydrogen-bond acceptors (Lipinski definition) is 4. The molecule has 2 N–H and O–H groups in total. The highest BCUT2D eigenvalue weighted by Gasteiger charge is 2.26. The van der Waals surface area contributed by atoms with Gasteiger partial charge in [0.05, 0.1) is 7.11 Å². The molecule has 5 heteroatoms. The lowest BCUT2D eigenvalue weighted by Gasteiger charge is -2.29. The van der Waals surface area contributed by atoms with E-state index in [0.29, 0.717) is 11.8 Å². The lowest BCUT2D eigenvalue weighted by Crippen LogP contribution is -2.23. The van der Waals surface area contributed by atoms with Crippen molar-refractivity contribution in [2.75, 3.05) is 12.8 Å². The van der Waals surface area contributed by atoms with Gasteiger partial charge in [0, 0.05) is 12.1 Å². The molecule has 1 unspecified atom stereocenters. The average Bonchev–Trinajstić information content (AvgIpc) is 2.61. The minimum atomic E-state index is 0.0759. The number of anilines is 1. The molecule has 2 aromatic rings. The second-order valence-corrected chi connectivity index (χ2v) is 5.58. The van der Waals surface area contributed by atoms with E-state index >= 15 is 0 Å². The highest BCUT2D eigenvalue weighted by atomic mass is 16.5. The Bertz CT molecular complexity index is 568. The maximum atomic E-state index is 6.01. The van der Waals surface area contributed by atoms with Crippen molar-refractivity contribution in [3.63, 3.8) is 0 Å². The van der Waals surface area contributed by atoms with Crippen molar-refractivity contribution >= 4 is 17.1 Å². The largest absolute Gasteiger partial charge is 0.481 e. The molecule has 2 rings (SSSR count). The molecule has 0 aliphatic rings. The number of hydrogen-bond donors (Lipinski definition) is 1. The zero-order valence-electron chi connectivity index (χ0n) is 11.6. The molecular weight excluding hydrogens is 228 g/mol. The molecular formula is C13H20N4O. The fraction of sp³-hybridized carbons (Fsp3) is 0.538. The minimum absolute atomic E-state index is 0.0759. The first-order chi connectivity index (χ1) is 8.34. The number of nitrogen functional groups attached to an aromatic ring is 1. The van der Waals surface area contributed by atoms with Crippen LogP contribution in [0.5, 0.6) is 5.88 Å². The Morgan fingerprint density at radius 2 is 1.94 bits per heavy atom. The third kappa shape index (κ3) is 2.00. The van der Waals surface area contributed by atoms with Crippen molar-refractivity contribution in [2.45, 2.75) is 33.7 Å². The van der Waals surface area contributed by atoms with Gasteiger partial charge in [-0.05, 0) is 18.4 Å². The van der Waals surface area contributed by atoms with Gasteiger partial charge in [0.15, 0.2) is 5.65 Å². The predicted octanol–water partition coefficient (Wildman–Crippen LogP) is 2.63. The number of ether oxygens (including phenoxy) is 1. The first-order valence-electron chi connectivity index (χ1n) is 6.03. The standard InChI is InChI=1S/C13H20N4O/c1-8(13(2,3)4)17-11-9(15-12(17)14)6-7-10(16-11)18-5/h6-8H,1-5H3,(H2,14,15). The zero-order chi connectivity index (χ0) is 13.5. The van der Waals surface area contributed by atoms with Crippen molar-refractivity contribution in [1.29, 1.82) is 0 Å². The summed E-state index contributed by atoms with van der Waals surface area (Å²) in [5.41, 5.74) is 7.66. The summed E-state index contributed by atoms with van der Waals surface area (Å²) in [4.78, 5) is 8.79. The summed E-state index contributed by atoms with van der Waals surface area (Å²) in [7, 11) is 1.60. The van der Waals surface area contributed by atoms with Crippen molar-refractivity contribution in [2.24, 2.45) is 5.41 Å². The number of methoxy groups -OCH3 is 1. The Balaban J connectivity index is 2.65. The molecule has 18 heavy (non-hydrogen) atoms. The van der Waals surface area contributed by atoms with Crippen LogP contribution in [0.15, 0.2) is 12.1 Å².